The van der Waals surface area contributed by atoms with Gasteiger partial charge in [0, 0.05) is 17.7 Å². The Morgan fingerprint density at radius 3 is 2.48 bits per heavy atom. The Kier molecular flexibility index (Phi) is 4.22. The molecule has 4 rings (SSSR count). The maximum absolute atomic E-state index is 13.2. The van der Waals surface area contributed by atoms with E-state index in [9.17, 15) is 4.79 Å². The lowest BCUT2D eigenvalue weighted by atomic mass is 9.73. The van der Waals surface area contributed by atoms with Gasteiger partial charge in [0.2, 0.25) is 0 Å². The van der Waals surface area contributed by atoms with Gasteiger partial charge in [-0.3, -0.25) is 4.79 Å². The Morgan fingerprint density at radius 1 is 1.04 bits per heavy atom. The summed E-state index contributed by atoms with van der Waals surface area (Å²) in [6.45, 7) is 6.40. The lowest BCUT2D eigenvalue weighted by molar-refractivity contribution is -0.118. The first-order valence-electron chi connectivity index (χ1n) is 9.41. The molecule has 0 saturated heterocycles. The number of benzene rings is 2. The van der Waals surface area contributed by atoms with Crippen molar-refractivity contribution < 1.29 is 9.53 Å². The second kappa shape index (κ2) is 6.45. The number of aryl methyl sites for hydroxylation is 1. The van der Waals surface area contributed by atoms with E-state index in [1.807, 2.05) is 24.3 Å². The summed E-state index contributed by atoms with van der Waals surface area (Å²) < 4.78 is 5.30. The number of hydrogen-bond donors (Lipinski definition) is 2. The Morgan fingerprint density at radius 2 is 1.78 bits per heavy atom. The van der Waals surface area contributed by atoms with Crippen LogP contribution in [0.5, 0.6) is 5.75 Å². The highest BCUT2D eigenvalue weighted by Gasteiger charge is 2.38. The molecule has 1 atom stereocenters. The molecule has 2 aromatic carbocycles. The molecule has 2 aromatic rings. The highest BCUT2D eigenvalue weighted by molar-refractivity contribution is 6.01. The molecule has 0 amide bonds. The third kappa shape index (κ3) is 3.32. The first-order chi connectivity index (χ1) is 12.9. The van der Waals surface area contributed by atoms with E-state index in [1.165, 1.54) is 5.56 Å². The van der Waals surface area contributed by atoms with Gasteiger partial charge in [-0.2, -0.15) is 0 Å². The van der Waals surface area contributed by atoms with Crippen molar-refractivity contribution in [1.29, 1.82) is 0 Å². The summed E-state index contributed by atoms with van der Waals surface area (Å²) in [6.07, 6.45) is 1.42. The van der Waals surface area contributed by atoms with E-state index in [0.29, 0.717) is 6.42 Å². The van der Waals surface area contributed by atoms with Crippen LogP contribution in [-0.2, 0) is 4.79 Å². The fourth-order valence-corrected chi connectivity index (χ4v) is 4.10. The molecule has 0 bridgehead atoms. The maximum Gasteiger partial charge on any atom is 0.163 e. The van der Waals surface area contributed by atoms with Crippen molar-refractivity contribution in [3.05, 3.63) is 64.9 Å². The number of Topliss-reactive ketones (excluding diaryl/α,β-unsaturated/α-hetero) is 1. The smallest absolute Gasteiger partial charge is 0.163 e. The van der Waals surface area contributed by atoms with Gasteiger partial charge in [0.05, 0.1) is 24.5 Å². The second-order valence-corrected chi connectivity index (χ2v) is 8.36. The van der Waals surface area contributed by atoms with Crippen LogP contribution in [0.4, 0.5) is 11.4 Å². The van der Waals surface area contributed by atoms with E-state index >= 15 is 0 Å². The minimum absolute atomic E-state index is 0.0391. The van der Waals surface area contributed by atoms with Crippen molar-refractivity contribution in [2.24, 2.45) is 5.41 Å². The minimum atomic E-state index is -0.176. The fourth-order valence-electron chi connectivity index (χ4n) is 4.10. The molecule has 1 aliphatic carbocycles. The molecule has 0 saturated carbocycles. The summed E-state index contributed by atoms with van der Waals surface area (Å²) in [5, 5.41) is 7.20. The number of nitrogens with one attached hydrogen (secondary N) is 2. The molecular formula is C23H26N2O2. The average Bonchev–Trinajstić information content (AvgIpc) is 2.77. The molecule has 0 spiro atoms. The van der Waals surface area contributed by atoms with Crippen LogP contribution in [0.2, 0.25) is 0 Å². The summed E-state index contributed by atoms with van der Waals surface area (Å²) in [7, 11) is 1.66. The Bertz CT molecular complexity index is 926. The molecule has 2 aliphatic rings. The summed E-state index contributed by atoms with van der Waals surface area (Å²) in [6, 6.07) is 14.1. The Hall–Kier alpha value is -2.75. The van der Waals surface area contributed by atoms with Crippen molar-refractivity contribution >= 4 is 17.2 Å². The highest BCUT2D eigenvalue weighted by Crippen LogP contribution is 2.45. The molecule has 27 heavy (non-hydrogen) atoms. The van der Waals surface area contributed by atoms with Crippen molar-refractivity contribution in [2.75, 3.05) is 17.7 Å². The quantitative estimate of drug-likeness (QED) is 0.768. The maximum atomic E-state index is 13.2. The second-order valence-electron chi connectivity index (χ2n) is 8.36. The summed E-state index contributed by atoms with van der Waals surface area (Å²) >= 11 is 0. The van der Waals surface area contributed by atoms with Gasteiger partial charge in [0.1, 0.15) is 5.75 Å². The number of ketones is 1. The zero-order chi connectivity index (χ0) is 19.2. The topological polar surface area (TPSA) is 50.4 Å². The molecule has 140 valence electrons. The summed E-state index contributed by atoms with van der Waals surface area (Å²) in [4.78, 5) is 13.2. The normalized spacial score (nSPS) is 20.7. The molecule has 0 fully saturated rings. The number of fused-ring (bicyclic) bond motifs is 1. The fraction of sp³-hybridized carbons (Fsp3) is 0.348. The number of rotatable bonds is 2. The van der Waals surface area contributed by atoms with E-state index in [0.717, 1.165) is 40.4 Å². The number of ether oxygens (including phenoxy) is 1. The average molecular weight is 362 g/mol. The lowest BCUT2D eigenvalue weighted by Crippen LogP contribution is -2.31. The zero-order valence-electron chi connectivity index (χ0n) is 16.3. The number of allylic oxidation sites excluding steroid dienone is 1. The summed E-state index contributed by atoms with van der Waals surface area (Å²) in [5.41, 5.74) is 6.14. The van der Waals surface area contributed by atoms with Gasteiger partial charge in [0.25, 0.3) is 0 Å². The van der Waals surface area contributed by atoms with Crippen molar-refractivity contribution in [3.8, 4) is 5.75 Å². The SMILES string of the molecule is COc1ccc([C@@H]2Nc3cc(C)ccc3NC3=C2C(=O)CC(C)(C)C3)cc1. The van der Waals surface area contributed by atoms with Crippen molar-refractivity contribution in [3.63, 3.8) is 0 Å². The molecule has 1 aliphatic heterocycles. The predicted molar refractivity (Wildman–Crippen MR) is 109 cm³/mol. The van der Waals surface area contributed by atoms with Crippen LogP contribution >= 0.6 is 0 Å². The van der Waals surface area contributed by atoms with Crippen LogP contribution in [0, 0.1) is 12.3 Å². The van der Waals surface area contributed by atoms with Gasteiger partial charge in [-0.15, -0.1) is 0 Å². The Balaban J connectivity index is 1.86. The van der Waals surface area contributed by atoms with E-state index in [2.05, 4.69) is 49.6 Å². The first kappa shape index (κ1) is 17.7. The Labute approximate surface area is 160 Å². The number of anilines is 2. The molecular weight excluding hydrogens is 336 g/mol. The third-order valence-corrected chi connectivity index (χ3v) is 5.42. The monoisotopic (exact) mass is 362 g/mol. The third-order valence-electron chi connectivity index (χ3n) is 5.42. The van der Waals surface area contributed by atoms with E-state index in [1.54, 1.807) is 7.11 Å². The van der Waals surface area contributed by atoms with E-state index < -0.39 is 0 Å². The molecule has 0 unspecified atom stereocenters. The van der Waals surface area contributed by atoms with Gasteiger partial charge in [0.15, 0.2) is 5.78 Å². The predicted octanol–water partition coefficient (Wildman–Crippen LogP) is 5.23. The van der Waals surface area contributed by atoms with Gasteiger partial charge in [-0.1, -0.05) is 32.0 Å². The van der Waals surface area contributed by atoms with Gasteiger partial charge in [-0.25, -0.2) is 0 Å². The van der Waals surface area contributed by atoms with Crippen LogP contribution in [0.25, 0.3) is 0 Å². The van der Waals surface area contributed by atoms with Gasteiger partial charge >= 0.3 is 0 Å². The molecule has 1 heterocycles. The van der Waals surface area contributed by atoms with Gasteiger partial charge in [-0.05, 0) is 54.2 Å². The first-order valence-corrected chi connectivity index (χ1v) is 9.41. The molecule has 4 nitrogen and oxygen atoms in total. The van der Waals surface area contributed by atoms with Crippen molar-refractivity contribution in [1.82, 2.24) is 0 Å². The van der Waals surface area contributed by atoms with E-state index in [4.69, 9.17) is 4.74 Å². The summed E-state index contributed by atoms with van der Waals surface area (Å²) in [5.74, 6) is 1.03. The minimum Gasteiger partial charge on any atom is -0.497 e. The van der Waals surface area contributed by atoms with Crippen LogP contribution in [-0.4, -0.2) is 12.9 Å². The standard InChI is InChI=1S/C23H26N2O2/c1-14-5-10-17-18(11-14)25-22(15-6-8-16(27-4)9-7-15)21-19(24-17)12-23(2,3)13-20(21)26/h5-11,22,24-25H,12-13H2,1-4H3/t22-/m0/s1. The van der Waals surface area contributed by atoms with Crippen LogP contribution in [0.15, 0.2) is 53.7 Å². The van der Waals surface area contributed by atoms with Crippen molar-refractivity contribution in [2.45, 2.75) is 39.7 Å². The zero-order valence-corrected chi connectivity index (χ0v) is 16.3. The van der Waals surface area contributed by atoms with Crippen LogP contribution < -0.4 is 15.4 Å². The largest absolute Gasteiger partial charge is 0.497 e. The van der Waals surface area contributed by atoms with Crippen LogP contribution in [0.1, 0.15) is 43.9 Å². The number of carbonyl (C=O) groups is 1. The number of methoxy groups -OCH3 is 1. The molecule has 4 heteroatoms. The molecule has 0 aromatic heterocycles. The van der Waals surface area contributed by atoms with Crippen LogP contribution in [0.3, 0.4) is 0 Å². The molecule has 2 N–H and O–H groups in total. The highest BCUT2D eigenvalue weighted by atomic mass is 16.5. The number of carbonyl (C=O) groups excluding carboxylic acids is 1. The van der Waals surface area contributed by atoms with E-state index in [-0.39, 0.29) is 17.2 Å². The number of hydrogen-bond acceptors (Lipinski definition) is 4. The molecule has 0 radical (unpaired) electrons. The van der Waals surface area contributed by atoms with Gasteiger partial charge < -0.3 is 15.4 Å². The lowest BCUT2D eigenvalue weighted by Gasteiger charge is -2.34.